The molecule has 1 aromatic heterocycles. The molecular formula is C24H23F4N5O5S. The van der Waals surface area contributed by atoms with Crippen LogP contribution >= 0.6 is 0 Å². The topological polar surface area (TPSA) is 139 Å². The molecule has 0 spiro atoms. The summed E-state index contributed by atoms with van der Waals surface area (Å²) in [6.45, 7) is -0.830. The van der Waals surface area contributed by atoms with Crippen LogP contribution in [0, 0.1) is 5.82 Å². The molecule has 0 radical (unpaired) electrons. The number of sulfonamides is 1. The predicted molar refractivity (Wildman–Crippen MR) is 131 cm³/mol. The predicted octanol–water partition coefficient (Wildman–Crippen LogP) is 2.26. The van der Waals surface area contributed by atoms with Gasteiger partial charge in [0.1, 0.15) is 4.90 Å². The summed E-state index contributed by atoms with van der Waals surface area (Å²) in [5.41, 5.74) is 6.26. The van der Waals surface area contributed by atoms with Gasteiger partial charge in [-0.1, -0.05) is 42.5 Å². The molecule has 0 aliphatic carbocycles. The normalized spacial score (nSPS) is 16.1. The number of halogens is 4. The first-order chi connectivity index (χ1) is 18.4. The summed E-state index contributed by atoms with van der Waals surface area (Å²) in [6.07, 6.45) is -4.78. The third-order valence-corrected chi connectivity index (χ3v) is 7.94. The number of hydrogen-bond donors (Lipinski definition) is 2. The van der Waals surface area contributed by atoms with Crippen molar-refractivity contribution in [1.82, 2.24) is 19.2 Å². The Hall–Kier alpha value is -3.66. The summed E-state index contributed by atoms with van der Waals surface area (Å²) in [5.74, 6) is -3.59. The van der Waals surface area contributed by atoms with E-state index in [9.17, 15) is 31.5 Å². The van der Waals surface area contributed by atoms with Crippen LogP contribution in [-0.2, 0) is 19.6 Å². The summed E-state index contributed by atoms with van der Waals surface area (Å²) in [4.78, 5) is 19.5. The van der Waals surface area contributed by atoms with Gasteiger partial charge in [0.05, 0.1) is 6.54 Å². The van der Waals surface area contributed by atoms with Crippen molar-refractivity contribution in [1.29, 1.82) is 0 Å². The van der Waals surface area contributed by atoms with Crippen LogP contribution in [0.1, 0.15) is 0 Å². The minimum absolute atomic E-state index is 0.0202. The number of aromatic nitrogens is 2. The number of β-amino-alcohol motifs (C(OH)–C–C–N with tert-alkyl or cyclic N) is 1. The molecule has 3 aromatic rings. The zero-order valence-corrected chi connectivity index (χ0v) is 21.0. The number of nitrogen functional groups attached to an aromatic ring is 1. The summed E-state index contributed by atoms with van der Waals surface area (Å²) >= 11 is 0. The lowest BCUT2D eigenvalue weighted by atomic mass is 10.0. The number of aliphatic hydroxyl groups is 1. The molecule has 0 bridgehead atoms. The summed E-state index contributed by atoms with van der Waals surface area (Å²) in [5, 5.41) is 9.71. The largest absolute Gasteiger partial charge is 0.491 e. The lowest BCUT2D eigenvalue weighted by Gasteiger charge is -2.35. The smallest absolute Gasteiger partial charge is 0.428 e. The van der Waals surface area contributed by atoms with Crippen molar-refractivity contribution >= 4 is 21.9 Å². The van der Waals surface area contributed by atoms with E-state index in [-0.39, 0.29) is 48.8 Å². The van der Waals surface area contributed by atoms with Gasteiger partial charge in [0.15, 0.2) is 5.82 Å². The molecule has 2 heterocycles. The molecule has 3 N–H and O–H groups in total. The molecule has 4 rings (SSSR count). The number of rotatable bonds is 7. The number of piperazine rings is 1. The fraction of sp³-hybridized carbons (Fsp3) is 0.292. The van der Waals surface area contributed by atoms with Gasteiger partial charge in [-0.05, 0) is 5.56 Å². The molecule has 1 aliphatic heterocycles. The van der Waals surface area contributed by atoms with Crippen LogP contribution in [0.25, 0.3) is 22.3 Å². The van der Waals surface area contributed by atoms with Crippen molar-refractivity contribution in [3.8, 4) is 22.3 Å². The number of ether oxygens (including phenoxy) is 1. The highest BCUT2D eigenvalue weighted by molar-refractivity contribution is 7.89. The van der Waals surface area contributed by atoms with E-state index in [4.69, 9.17) is 5.73 Å². The molecule has 15 heteroatoms. The first kappa shape index (κ1) is 28.4. The first-order valence-corrected chi connectivity index (χ1v) is 13.0. The Kier molecular flexibility index (Phi) is 8.15. The van der Waals surface area contributed by atoms with Gasteiger partial charge in [0.2, 0.25) is 22.3 Å². The Balaban J connectivity index is 1.60. The van der Waals surface area contributed by atoms with E-state index in [1.807, 2.05) is 0 Å². The lowest BCUT2D eigenvalue weighted by Crippen LogP contribution is -2.51. The number of carbonyl (C=O) groups excluding carboxylic acids is 1. The van der Waals surface area contributed by atoms with Gasteiger partial charge in [0.25, 0.3) is 0 Å². The van der Waals surface area contributed by atoms with Crippen LogP contribution in [0.15, 0.2) is 59.8 Å². The molecule has 208 valence electrons. The number of alkyl halides is 3. The maximum Gasteiger partial charge on any atom is 0.491 e. The van der Waals surface area contributed by atoms with Crippen molar-refractivity contribution in [3.63, 3.8) is 0 Å². The van der Waals surface area contributed by atoms with E-state index in [0.717, 1.165) is 4.31 Å². The number of anilines is 1. The maximum absolute atomic E-state index is 16.0. The average molecular weight is 570 g/mol. The van der Waals surface area contributed by atoms with Gasteiger partial charge in [-0.15, -0.1) is 0 Å². The molecule has 39 heavy (non-hydrogen) atoms. The van der Waals surface area contributed by atoms with Crippen molar-refractivity contribution in [2.24, 2.45) is 0 Å². The molecule has 1 atom stereocenters. The Labute approximate surface area is 220 Å². The highest BCUT2D eigenvalue weighted by atomic mass is 32.2. The Morgan fingerprint density at radius 3 is 2.18 bits per heavy atom. The van der Waals surface area contributed by atoms with E-state index < -0.39 is 45.7 Å². The number of aliphatic hydroxyl groups excluding tert-OH is 1. The molecule has 1 saturated heterocycles. The fourth-order valence-electron chi connectivity index (χ4n) is 4.08. The van der Waals surface area contributed by atoms with Gasteiger partial charge in [-0.25, -0.2) is 27.6 Å². The van der Waals surface area contributed by atoms with Crippen LogP contribution in [0.2, 0.25) is 0 Å². The minimum Gasteiger partial charge on any atom is -0.428 e. The van der Waals surface area contributed by atoms with E-state index in [1.54, 1.807) is 30.3 Å². The van der Waals surface area contributed by atoms with Gasteiger partial charge in [-0.3, -0.25) is 4.90 Å². The number of nitrogens with zero attached hydrogens (tertiary/aromatic N) is 4. The minimum atomic E-state index is -5.26. The van der Waals surface area contributed by atoms with Crippen molar-refractivity contribution in [3.05, 3.63) is 60.7 Å². The van der Waals surface area contributed by atoms with Crippen LogP contribution in [-0.4, -0.2) is 83.9 Å². The van der Waals surface area contributed by atoms with Crippen LogP contribution in [0.5, 0.6) is 0 Å². The quantitative estimate of drug-likeness (QED) is 0.249. The zero-order valence-electron chi connectivity index (χ0n) is 20.2. The summed E-state index contributed by atoms with van der Waals surface area (Å²) in [6, 6.07) is 11.3. The second-order valence-electron chi connectivity index (χ2n) is 8.56. The summed E-state index contributed by atoms with van der Waals surface area (Å²) < 4.78 is 85.7. The SMILES string of the molecule is Nc1ncc(-c2ccc(-c3ccccc3)c(S(=O)(=O)N3CCN(CC(O)OC(=O)C(F)(F)F)CC3)c2F)cn1. The Morgan fingerprint density at radius 1 is 1.00 bits per heavy atom. The van der Waals surface area contributed by atoms with Gasteiger partial charge < -0.3 is 15.6 Å². The van der Waals surface area contributed by atoms with E-state index >= 15 is 4.39 Å². The lowest BCUT2D eigenvalue weighted by molar-refractivity contribution is -0.221. The molecule has 0 amide bonds. The van der Waals surface area contributed by atoms with E-state index in [1.165, 1.54) is 29.4 Å². The zero-order chi connectivity index (χ0) is 28.4. The van der Waals surface area contributed by atoms with Gasteiger partial charge >= 0.3 is 12.1 Å². The number of nitrogens with two attached hydrogens (primary N) is 1. The second-order valence-corrected chi connectivity index (χ2v) is 10.4. The molecule has 10 nitrogen and oxygen atoms in total. The second kappa shape index (κ2) is 11.2. The van der Waals surface area contributed by atoms with Crippen molar-refractivity contribution in [2.75, 3.05) is 38.5 Å². The number of hydrogen-bond acceptors (Lipinski definition) is 9. The monoisotopic (exact) mass is 569 g/mol. The maximum atomic E-state index is 16.0. The standard InChI is InChI=1S/C24H23F4N5O5S/c25-20-17(16-12-30-23(29)31-13-16)6-7-18(15-4-2-1-3-5-15)21(20)39(36,37)33-10-8-32(9-11-33)14-19(34)38-22(35)24(26,27)28/h1-7,12-13,19,34H,8-11,14H2,(H2,29,30,31). The summed E-state index contributed by atoms with van der Waals surface area (Å²) in [7, 11) is -4.43. The van der Waals surface area contributed by atoms with Gasteiger partial charge in [-0.2, -0.15) is 17.5 Å². The fourth-order valence-corrected chi connectivity index (χ4v) is 5.79. The molecular weight excluding hydrogens is 546 g/mol. The Bertz CT molecular complexity index is 1430. The van der Waals surface area contributed by atoms with Gasteiger partial charge in [0, 0.05) is 55.3 Å². The van der Waals surface area contributed by atoms with Crippen LogP contribution in [0.4, 0.5) is 23.5 Å². The van der Waals surface area contributed by atoms with Crippen LogP contribution < -0.4 is 5.73 Å². The molecule has 2 aromatic carbocycles. The highest BCUT2D eigenvalue weighted by Crippen LogP contribution is 2.37. The molecule has 1 aliphatic rings. The third-order valence-electron chi connectivity index (χ3n) is 5.98. The van der Waals surface area contributed by atoms with E-state index in [0.29, 0.717) is 5.56 Å². The van der Waals surface area contributed by atoms with Crippen molar-refractivity contribution in [2.45, 2.75) is 17.4 Å². The number of carbonyl (C=O) groups is 1. The highest BCUT2D eigenvalue weighted by Gasteiger charge is 2.42. The van der Waals surface area contributed by atoms with E-state index in [2.05, 4.69) is 14.7 Å². The van der Waals surface area contributed by atoms with Crippen molar-refractivity contribution < 1.29 is 40.6 Å². The molecule has 1 fully saturated rings. The first-order valence-electron chi connectivity index (χ1n) is 11.5. The molecule has 1 unspecified atom stereocenters. The number of esters is 1. The number of benzene rings is 2. The third kappa shape index (κ3) is 6.33. The molecule has 0 saturated carbocycles. The average Bonchev–Trinajstić information content (AvgIpc) is 2.89. The van der Waals surface area contributed by atoms with Crippen LogP contribution in [0.3, 0.4) is 0 Å². The Morgan fingerprint density at radius 2 is 1.59 bits per heavy atom.